The fraction of sp³-hybridized carbons (Fsp3) is 0.111. The Hall–Kier alpha value is -3.15. The van der Waals surface area contributed by atoms with Crippen molar-refractivity contribution in [2.45, 2.75) is 13.0 Å². The minimum Gasteiger partial charge on any atom is -0.449 e. The zero-order valence-corrected chi connectivity index (χ0v) is 12.8. The minimum atomic E-state index is -1.11. The van der Waals surface area contributed by atoms with Gasteiger partial charge in [-0.15, -0.1) is 0 Å². The normalized spacial score (nSPS) is 11.9. The van der Waals surface area contributed by atoms with Gasteiger partial charge in [-0.3, -0.25) is 4.79 Å². The number of anilines is 1. The maximum atomic E-state index is 13.5. The first-order valence-corrected chi connectivity index (χ1v) is 7.29. The molecular formula is C18H14FNO4. The van der Waals surface area contributed by atoms with E-state index in [0.717, 1.165) is 5.39 Å². The summed E-state index contributed by atoms with van der Waals surface area (Å²) >= 11 is 0. The van der Waals surface area contributed by atoms with Gasteiger partial charge < -0.3 is 14.5 Å². The fourth-order valence-electron chi connectivity index (χ4n) is 2.15. The van der Waals surface area contributed by atoms with Crippen LogP contribution in [-0.2, 0) is 9.53 Å². The quantitative estimate of drug-likeness (QED) is 0.741. The summed E-state index contributed by atoms with van der Waals surface area (Å²) in [5, 5.41) is 3.13. The number of ether oxygens (including phenoxy) is 1. The highest BCUT2D eigenvalue weighted by Crippen LogP contribution is 2.20. The topological polar surface area (TPSA) is 68.5 Å². The molecule has 0 spiro atoms. The number of benzene rings is 2. The SMILES string of the molecule is C[C@H](OC(=O)c1cc2ccccc2o1)C(=O)Nc1ccccc1F. The molecule has 0 bridgehead atoms. The molecule has 3 rings (SSSR count). The van der Waals surface area contributed by atoms with Crippen LogP contribution in [0.3, 0.4) is 0 Å². The van der Waals surface area contributed by atoms with Gasteiger partial charge in [0.25, 0.3) is 5.91 Å². The van der Waals surface area contributed by atoms with Crippen LogP contribution in [0.2, 0.25) is 0 Å². The second-order valence-electron chi connectivity index (χ2n) is 5.17. The van der Waals surface area contributed by atoms with Crippen LogP contribution in [0.5, 0.6) is 0 Å². The van der Waals surface area contributed by atoms with E-state index < -0.39 is 23.8 Å². The largest absolute Gasteiger partial charge is 0.449 e. The molecule has 1 amide bonds. The van der Waals surface area contributed by atoms with Crippen molar-refractivity contribution in [2.75, 3.05) is 5.32 Å². The van der Waals surface area contributed by atoms with Gasteiger partial charge in [-0.05, 0) is 31.2 Å². The van der Waals surface area contributed by atoms with Crippen molar-refractivity contribution < 1.29 is 23.1 Å². The number of esters is 1. The summed E-state index contributed by atoms with van der Waals surface area (Å²) in [7, 11) is 0. The van der Waals surface area contributed by atoms with E-state index in [2.05, 4.69) is 5.32 Å². The molecule has 0 aliphatic heterocycles. The Morgan fingerprint density at radius 3 is 2.58 bits per heavy atom. The molecule has 2 aromatic carbocycles. The minimum absolute atomic E-state index is 0.00161. The third-order valence-electron chi connectivity index (χ3n) is 3.41. The zero-order valence-electron chi connectivity index (χ0n) is 12.8. The molecular weight excluding hydrogens is 313 g/mol. The predicted molar refractivity (Wildman–Crippen MR) is 86.1 cm³/mol. The molecule has 0 radical (unpaired) electrons. The number of nitrogens with one attached hydrogen (secondary N) is 1. The van der Waals surface area contributed by atoms with E-state index in [1.165, 1.54) is 25.1 Å². The highest BCUT2D eigenvalue weighted by Gasteiger charge is 2.22. The number of para-hydroxylation sites is 2. The van der Waals surface area contributed by atoms with Crippen LogP contribution in [0.1, 0.15) is 17.5 Å². The molecule has 1 aromatic heterocycles. The summed E-state index contributed by atoms with van der Waals surface area (Å²) in [6.45, 7) is 1.40. The van der Waals surface area contributed by atoms with Gasteiger partial charge in [0.15, 0.2) is 6.10 Å². The zero-order chi connectivity index (χ0) is 17.1. The number of hydrogen-bond donors (Lipinski definition) is 1. The number of fused-ring (bicyclic) bond motifs is 1. The number of furan rings is 1. The Bertz CT molecular complexity index is 870. The van der Waals surface area contributed by atoms with Crippen LogP contribution in [0, 0.1) is 5.82 Å². The molecule has 0 aliphatic carbocycles. The first-order chi connectivity index (χ1) is 11.5. The van der Waals surface area contributed by atoms with Crippen molar-refractivity contribution in [3.05, 3.63) is 66.2 Å². The summed E-state index contributed by atoms with van der Waals surface area (Å²) in [6.07, 6.45) is -1.11. The van der Waals surface area contributed by atoms with Crippen molar-refractivity contribution in [3.63, 3.8) is 0 Å². The van der Waals surface area contributed by atoms with Crippen LogP contribution in [0.4, 0.5) is 10.1 Å². The Balaban J connectivity index is 1.67. The summed E-state index contributed by atoms with van der Waals surface area (Å²) in [4.78, 5) is 24.1. The second kappa shape index (κ2) is 6.54. The number of amides is 1. The van der Waals surface area contributed by atoms with E-state index in [1.54, 1.807) is 30.3 Å². The molecule has 0 aliphatic rings. The highest BCUT2D eigenvalue weighted by molar-refractivity contribution is 5.98. The molecule has 5 nitrogen and oxygen atoms in total. The fourth-order valence-corrected chi connectivity index (χ4v) is 2.15. The number of carbonyl (C=O) groups is 2. The monoisotopic (exact) mass is 327 g/mol. The molecule has 0 unspecified atom stereocenters. The second-order valence-corrected chi connectivity index (χ2v) is 5.17. The van der Waals surface area contributed by atoms with Gasteiger partial charge in [-0.1, -0.05) is 30.3 Å². The predicted octanol–water partition coefficient (Wildman–Crippen LogP) is 3.76. The van der Waals surface area contributed by atoms with Crippen molar-refractivity contribution in [2.24, 2.45) is 0 Å². The Morgan fingerprint density at radius 1 is 1.12 bits per heavy atom. The van der Waals surface area contributed by atoms with Crippen molar-refractivity contribution >= 4 is 28.5 Å². The van der Waals surface area contributed by atoms with Crippen molar-refractivity contribution in [1.29, 1.82) is 0 Å². The van der Waals surface area contributed by atoms with Gasteiger partial charge >= 0.3 is 5.97 Å². The van der Waals surface area contributed by atoms with Gasteiger partial charge in [-0.2, -0.15) is 0 Å². The molecule has 0 fully saturated rings. The van der Waals surface area contributed by atoms with E-state index in [9.17, 15) is 14.0 Å². The lowest BCUT2D eigenvalue weighted by Crippen LogP contribution is -2.30. The van der Waals surface area contributed by atoms with E-state index in [4.69, 9.17) is 9.15 Å². The van der Waals surface area contributed by atoms with Crippen LogP contribution < -0.4 is 5.32 Å². The molecule has 1 N–H and O–H groups in total. The Labute approximate surface area is 137 Å². The van der Waals surface area contributed by atoms with E-state index >= 15 is 0 Å². The van der Waals surface area contributed by atoms with Gasteiger partial charge in [0, 0.05) is 5.39 Å². The van der Waals surface area contributed by atoms with Gasteiger partial charge in [-0.25, -0.2) is 9.18 Å². The van der Waals surface area contributed by atoms with E-state index in [-0.39, 0.29) is 11.4 Å². The van der Waals surface area contributed by atoms with Gasteiger partial charge in [0.1, 0.15) is 11.4 Å². The molecule has 122 valence electrons. The maximum absolute atomic E-state index is 13.5. The lowest BCUT2D eigenvalue weighted by atomic mass is 10.2. The molecule has 3 aromatic rings. The first-order valence-electron chi connectivity index (χ1n) is 7.29. The van der Waals surface area contributed by atoms with E-state index in [1.807, 2.05) is 6.07 Å². The molecule has 1 atom stereocenters. The summed E-state index contributed by atoms with van der Waals surface area (Å²) < 4.78 is 24.0. The first kappa shape index (κ1) is 15.7. The van der Waals surface area contributed by atoms with Gasteiger partial charge in [0.05, 0.1) is 5.69 Å². The van der Waals surface area contributed by atoms with Crippen LogP contribution >= 0.6 is 0 Å². The third-order valence-corrected chi connectivity index (χ3v) is 3.41. The number of hydrogen-bond acceptors (Lipinski definition) is 4. The van der Waals surface area contributed by atoms with Gasteiger partial charge in [0.2, 0.25) is 5.76 Å². The summed E-state index contributed by atoms with van der Waals surface area (Å²) in [5.41, 5.74) is 0.571. The van der Waals surface area contributed by atoms with Crippen molar-refractivity contribution in [1.82, 2.24) is 0 Å². The molecule has 1 heterocycles. The summed E-state index contributed by atoms with van der Waals surface area (Å²) in [6, 6.07) is 14.4. The number of halogens is 1. The van der Waals surface area contributed by atoms with Crippen molar-refractivity contribution in [3.8, 4) is 0 Å². The van der Waals surface area contributed by atoms with Crippen LogP contribution in [0.25, 0.3) is 11.0 Å². The molecule has 24 heavy (non-hydrogen) atoms. The third kappa shape index (κ3) is 3.27. The Kier molecular flexibility index (Phi) is 4.29. The average Bonchev–Trinajstić information content (AvgIpc) is 3.01. The molecule has 0 saturated heterocycles. The standard InChI is InChI=1S/C18H14FNO4/c1-11(17(21)20-14-8-4-3-7-13(14)19)23-18(22)16-10-12-6-2-5-9-15(12)24-16/h2-11H,1H3,(H,20,21)/t11-/m0/s1. The lowest BCUT2D eigenvalue weighted by molar-refractivity contribution is -0.123. The number of rotatable bonds is 4. The highest BCUT2D eigenvalue weighted by atomic mass is 19.1. The number of carbonyl (C=O) groups excluding carboxylic acids is 2. The lowest BCUT2D eigenvalue weighted by Gasteiger charge is -2.13. The smallest absolute Gasteiger partial charge is 0.375 e. The van der Waals surface area contributed by atoms with Crippen LogP contribution in [-0.4, -0.2) is 18.0 Å². The van der Waals surface area contributed by atoms with Crippen LogP contribution in [0.15, 0.2) is 59.0 Å². The average molecular weight is 327 g/mol. The summed E-state index contributed by atoms with van der Waals surface area (Å²) in [5.74, 6) is -1.96. The molecule has 0 saturated carbocycles. The van der Waals surface area contributed by atoms with E-state index in [0.29, 0.717) is 5.58 Å². The Morgan fingerprint density at radius 2 is 1.83 bits per heavy atom. The molecule has 6 heteroatoms. The maximum Gasteiger partial charge on any atom is 0.375 e.